The second kappa shape index (κ2) is 7.44. The highest BCUT2D eigenvalue weighted by atomic mass is 35.5. The van der Waals surface area contributed by atoms with Gasteiger partial charge in [-0.25, -0.2) is 9.69 Å². The second-order valence-electron chi connectivity index (χ2n) is 7.90. The Morgan fingerprint density at radius 3 is 2.76 bits per heavy atom. The third kappa shape index (κ3) is 3.41. The van der Waals surface area contributed by atoms with E-state index in [0.29, 0.717) is 18.1 Å². The number of nitrogens with zero attached hydrogens (tertiary/aromatic N) is 5. The molecule has 154 valence electrons. The Bertz CT molecular complexity index is 903. The van der Waals surface area contributed by atoms with E-state index in [4.69, 9.17) is 16.7 Å². The number of benzene rings is 1. The van der Waals surface area contributed by atoms with Crippen LogP contribution in [0, 0.1) is 0 Å². The average Bonchev–Trinajstić information content (AvgIpc) is 3.05. The fraction of sp³-hybridized carbons (Fsp3) is 0.450. The van der Waals surface area contributed by atoms with Gasteiger partial charge in [0, 0.05) is 24.3 Å². The van der Waals surface area contributed by atoms with Gasteiger partial charge in [0.2, 0.25) is 0 Å². The van der Waals surface area contributed by atoms with Crippen LogP contribution in [-0.2, 0) is 11.3 Å². The second-order valence-corrected chi connectivity index (χ2v) is 8.31. The molecule has 29 heavy (non-hydrogen) atoms. The van der Waals surface area contributed by atoms with Crippen LogP contribution in [0.3, 0.4) is 0 Å². The maximum atomic E-state index is 13.3. The monoisotopic (exact) mass is 416 g/mol. The predicted octanol–water partition coefficient (Wildman–Crippen LogP) is 1.89. The molecule has 8 nitrogen and oxygen atoms in total. The molecule has 3 heterocycles. The number of rotatable bonds is 4. The molecule has 3 amide bonds. The van der Waals surface area contributed by atoms with Gasteiger partial charge in [0.25, 0.3) is 5.91 Å². The van der Waals surface area contributed by atoms with Crippen LogP contribution in [0.15, 0.2) is 41.5 Å². The van der Waals surface area contributed by atoms with Crippen molar-refractivity contribution in [2.24, 2.45) is 5.10 Å². The molecule has 3 unspecified atom stereocenters. The molecule has 2 saturated heterocycles. The van der Waals surface area contributed by atoms with E-state index in [2.05, 4.69) is 16.8 Å². The van der Waals surface area contributed by atoms with Crippen LogP contribution in [0.4, 0.5) is 4.79 Å². The van der Waals surface area contributed by atoms with Crippen LogP contribution < -0.4 is 5.32 Å². The Hall–Kier alpha value is -2.42. The highest BCUT2D eigenvalue weighted by Gasteiger charge is 2.56. The highest BCUT2D eigenvalue weighted by Crippen LogP contribution is 2.31. The van der Waals surface area contributed by atoms with E-state index in [0.717, 1.165) is 16.8 Å². The van der Waals surface area contributed by atoms with E-state index in [1.54, 1.807) is 11.9 Å². The third-order valence-electron chi connectivity index (χ3n) is 5.47. The van der Waals surface area contributed by atoms with E-state index < -0.39 is 12.2 Å². The van der Waals surface area contributed by atoms with Gasteiger partial charge in [0.05, 0.1) is 13.1 Å². The Balaban J connectivity index is 1.64. The number of urea groups is 1. The van der Waals surface area contributed by atoms with Crippen molar-refractivity contribution in [3.8, 4) is 0 Å². The molecule has 0 aromatic heterocycles. The van der Waals surface area contributed by atoms with E-state index in [1.807, 2.05) is 43.1 Å². The molecule has 4 rings (SSSR count). The van der Waals surface area contributed by atoms with Gasteiger partial charge in [-0.3, -0.25) is 20.0 Å². The first-order valence-electron chi connectivity index (χ1n) is 9.56. The lowest BCUT2D eigenvalue weighted by Crippen LogP contribution is -2.66. The lowest BCUT2D eigenvalue weighted by Gasteiger charge is -2.42. The molecule has 3 aliphatic heterocycles. The molecule has 3 atom stereocenters. The summed E-state index contributed by atoms with van der Waals surface area (Å²) < 4.78 is 0. The van der Waals surface area contributed by atoms with Gasteiger partial charge in [-0.2, -0.15) is 5.10 Å². The van der Waals surface area contributed by atoms with Gasteiger partial charge >= 0.3 is 6.03 Å². The predicted molar refractivity (Wildman–Crippen MR) is 111 cm³/mol. The third-order valence-corrected chi connectivity index (χ3v) is 5.84. The maximum absolute atomic E-state index is 13.3. The molecule has 0 radical (unpaired) electrons. The molecule has 1 aromatic carbocycles. The molecule has 0 bridgehead atoms. The van der Waals surface area contributed by atoms with Crippen LogP contribution in [0.1, 0.15) is 19.4 Å². The first kappa shape index (κ1) is 19.9. The summed E-state index contributed by atoms with van der Waals surface area (Å²) in [7, 11) is 1.72. The molecule has 2 fully saturated rings. The number of nitrogens with one attached hydrogen (secondary N) is 1. The van der Waals surface area contributed by atoms with Gasteiger partial charge in [-0.15, -0.1) is 0 Å². The van der Waals surface area contributed by atoms with Crippen LogP contribution in [-0.4, -0.2) is 76.0 Å². The van der Waals surface area contributed by atoms with Gasteiger partial charge in [0.15, 0.2) is 6.29 Å². The van der Waals surface area contributed by atoms with Crippen molar-refractivity contribution in [2.45, 2.75) is 38.9 Å². The largest absolute Gasteiger partial charge is 0.328 e. The quantitative estimate of drug-likeness (QED) is 0.759. The molecular weight excluding hydrogens is 392 g/mol. The molecule has 1 N–H and O–H groups in total. The summed E-state index contributed by atoms with van der Waals surface area (Å²) in [5.74, 6) is -0.205. The number of likely N-dealkylation sites (N-methyl/N-ethyl adjacent to an activating group) is 1. The summed E-state index contributed by atoms with van der Waals surface area (Å²) in [4.78, 5) is 31.0. The summed E-state index contributed by atoms with van der Waals surface area (Å²) in [6, 6.07) is 6.84. The fourth-order valence-electron chi connectivity index (χ4n) is 4.19. The summed E-state index contributed by atoms with van der Waals surface area (Å²) in [5.41, 5.74) is 2.61. The lowest BCUT2D eigenvalue weighted by atomic mass is 10.1. The van der Waals surface area contributed by atoms with Crippen LogP contribution in [0.5, 0.6) is 0 Å². The Kier molecular flexibility index (Phi) is 5.10. The number of carbonyl (C=O) groups is 2. The summed E-state index contributed by atoms with van der Waals surface area (Å²) in [5, 5.41) is 10.7. The van der Waals surface area contributed by atoms with E-state index in [9.17, 15) is 9.59 Å². The minimum atomic E-state index is -0.485. The van der Waals surface area contributed by atoms with Crippen molar-refractivity contribution < 1.29 is 9.59 Å². The zero-order valence-corrected chi connectivity index (χ0v) is 17.6. The molecule has 3 aliphatic rings. The molecule has 0 saturated carbocycles. The molecule has 0 aliphatic carbocycles. The molecule has 1 aromatic rings. The topological polar surface area (TPSA) is 71.5 Å². The molecule has 0 spiro atoms. The van der Waals surface area contributed by atoms with Crippen molar-refractivity contribution in [2.75, 3.05) is 20.1 Å². The van der Waals surface area contributed by atoms with Crippen LogP contribution >= 0.6 is 11.6 Å². The lowest BCUT2D eigenvalue weighted by molar-refractivity contribution is -0.138. The van der Waals surface area contributed by atoms with E-state index in [1.165, 1.54) is 4.90 Å². The van der Waals surface area contributed by atoms with Crippen molar-refractivity contribution in [1.82, 2.24) is 25.0 Å². The van der Waals surface area contributed by atoms with E-state index >= 15 is 0 Å². The number of imide groups is 1. The Labute approximate surface area is 175 Å². The van der Waals surface area contributed by atoms with Crippen LogP contribution in [0.25, 0.3) is 0 Å². The number of amides is 3. The Morgan fingerprint density at radius 2 is 2.07 bits per heavy atom. The average molecular weight is 417 g/mol. The first-order chi connectivity index (χ1) is 13.8. The summed E-state index contributed by atoms with van der Waals surface area (Å²) in [6.07, 6.45) is -0.731. The van der Waals surface area contributed by atoms with Gasteiger partial charge in [-0.05, 0) is 25.5 Å². The summed E-state index contributed by atoms with van der Waals surface area (Å²) >= 11 is 6.35. The van der Waals surface area contributed by atoms with Gasteiger partial charge < -0.3 is 4.90 Å². The molecular formula is C20H25ClN6O2. The molecule has 9 heteroatoms. The van der Waals surface area contributed by atoms with Crippen molar-refractivity contribution in [3.05, 3.63) is 47.0 Å². The van der Waals surface area contributed by atoms with Crippen molar-refractivity contribution in [1.29, 1.82) is 0 Å². The number of hydrazone groups is 1. The zero-order chi connectivity index (χ0) is 20.9. The minimum Gasteiger partial charge on any atom is -0.310 e. The zero-order valence-electron chi connectivity index (χ0n) is 16.8. The fourth-order valence-corrected chi connectivity index (χ4v) is 4.38. The van der Waals surface area contributed by atoms with Crippen LogP contribution in [0.2, 0.25) is 5.02 Å². The number of fused-ring (bicyclic) bond motifs is 3. The number of carbonyl (C=O) groups excluding carboxylic acids is 2. The highest BCUT2D eigenvalue weighted by molar-refractivity contribution is 6.31. The standard InChI is InChI=1S/C20H25ClN6O2/c1-12(2)9-26-18(28)16-17(24(4)20(26)29)22-19-25(16)10-13(3)23-27(19)11-14-7-5-6-8-15(14)21/h5-8,16-17,19,22H,1,9-11H2,2-4H3. The van der Waals surface area contributed by atoms with E-state index in [-0.39, 0.29) is 24.8 Å². The number of hydrogen-bond acceptors (Lipinski definition) is 6. The number of hydrogen-bond donors (Lipinski definition) is 1. The summed E-state index contributed by atoms with van der Waals surface area (Å²) in [6.45, 7) is 8.87. The van der Waals surface area contributed by atoms with Gasteiger partial charge in [0.1, 0.15) is 12.2 Å². The SMILES string of the molecule is C=C(C)CN1C(=O)C2C(NC3N(Cc4ccccc4Cl)N=C(C)CN23)N(C)C1=O. The van der Waals surface area contributed by atoms with Crippen molar-refractivity contribution in [3.63, 3.8) is 0 Å². The normalized spacial score (nSPS) is 27.1. The number of halogens is 1. The smallest absolute Gasteiger partial charge is 0.310 e. The minimum absolute atomic E-state index is 0.205. The Morgan fingerprint density at radius 1 is 1.34 bits per heavy atom. The van der Waals surface area contributed by atoms with Crippen molar-refractivity contribution >= 4 is 29.3 Å². The maximum Gasteiger partial charge on any atom is 0.328 e. The first-order valence-corrected chi connectivity index (χ1v) is 9.94. The van der Waals surface area contributed by atoms with Gasteiger partial charge in [-0.1, -0.05) is 42.0 Å².